The highest BCUT2D eigenvalue weighted by Crippen LogP contribution is 2.40. The Morgan fingerprint density at radius 3 is 2.67 bits per heavy atom. The van der Waals surface area contributed by atoms with E-state index in [1.807, 2.05) is 27.7 Å². The molecule has 2 rings (SSSR count). The molecule has 0 saturated heterocycles. The summed E-state index contributed by atoms with van der Waals surface area (Å²) in [6.45, 7) is 8.63. The Morgan fingerprint density at radius 1 is 1.38 bits per heavy atom. The summed E-state index contributed by atoms with van der Waals surface area (Å²) in [5.74, 6) is 1.08. The third kappa shape index (κ3) is 4.82. The van der Waals surface area contributed by atoms with Gasteiger partial charge >= 0.3 is 0 Å². The normalized spacial score (nSPS) is 15.8. The summed E-state index contributed by atoms with van der Waals surface area (Å²) in [7, 11) is 0. The van der Waals surface area contributed by atoms with Crippen LogP contribution < -0.4 is 10.6 Å². The van der Waals surface area contributed by atoms with Gasteiger partial charge in [0.2, 0.25) is 5.91 Å². The highest BCUT2D eigenvalue weighted by atomic mass is 16.5. The van der Waals surface area contributed by atoms with Gasteiger partial charge in [0.25, 0.3) is 5.91 Å². The molecule has 0 radical (unpaired) electrons. The topological polar surface area (TPSA) is 84.2 Å². The summed E-state index contributed by atoms with van der Waals surface area (Å²) in [6, 6.07) is 1.68. The van der Waals surface area contributed by atoms with Crippen molar-refractivity contribution >= 4 is 11.8 Å². The number of amides is 2. The van der Waals surface area contributed by atoms with E-state index in [9.17, 15) is 9.59 Å². The summed E-state index contributed by atoms with van der Waals surface area (Å²) in [5.41, 5.74) is 0.0813. The summed E-state index contributed by atoms with van der Waals surface area (Å²) < 4.78 is 5.25. The van der Waals surface area contributed by atoms with Crippen molar-refractivity contribution in [2.75, 3.05) is 6.54 Å². The predicted octanol–water partition coefficient (Wildman–Crippen LogP) is 3.00. The van der Waals surface area contributed by atoms with Crippen LogP contribution in [0, 0.1) is 5.41 Å². The summed E-state index contributed by atoms with van der Waals surface area (Å²) in [5, 5.41) is 9.88. The highest BCUT2D eigenvalue weighted by molar-refractivity contribution is 5.92. The summed E-state index contributed by atoms with van der Waals surface area (Å²) >= 11 is 0. The maximum atomic E-state index is 12.4. The Labute approximate surface area is 143 Å². The van der Waals surface area contributed by atoms with Crippen LogP contribution >= 0.6 is 0 Å². The van der Waals surface area contributed by atoms with E-state index in [1.54, 1.807) is 6.07 Å². The molecule has 2 amide bonds. The molecule has 1 saturated carbocycles. The Hall–Kier alpha value is -1.85. The quantitative estimate of drug-likeness (QED) is 0.726. The van der Waals surface area contributed by atoms with Crippen LogP contribution in [-0.2, 0) is 4.79 Å². The molecule has 1 aliphatic rings. The minimum Gasteiger partial charge on any atom is -0.360 e. The molecule has 6 nitrogen and oxygen atoms in total. The Balaban J connectivity index is 1.93. The smallest absolute Gasteiger partial charge is 0.273 e. The molecule has 6 heteroatoms. The van der Waals surface area contributed by atoms with Crippen molar-refractivity contribution in [1.29, 1.82) is 0 Å². The van der Waals surface area contributed by atoms with Crippen molar-refractivity contribution in [2.24, 2.45) is 5.41 Å². The standard InChI is InChI=1S/C18H29N3O3/c1-5-7-16(22)19-11-18(3,4)15(6-2)20-17(23)13-10-14(24-21-13)12-8-9-12/h10,12,15H,5-9,11H2,1-4H3,(H,19,22)(H,20,23). The number of rotatable bonds is 9. The molecule has 1 fully saturated rings. The monoisotopic (exact) mass is 335 g/mol. The van der Waals surface area contributed by atoms with Crippen LogP contribution in [-0.4, -0.2) is 29.6 Å². The predicted molar refractivity (Wildman–Crippen MR) is 91.7 cm³/mol. The molecule has 1 heterocycles. The summed E-state index contributed by atoms with van der Waals surface area (Å²) in [6.07, 6.45) is 4.35. The zero-order valence-electron chi connectivity index (χ0n) is 15.1. The van der Waals surface area contributed by atoms with Gasteiger partial charge in [-0.15, -0.1) is 0 Å². The highest BCUT2D eigenvalue weighted by Gasteiger charge is 2.32. The van der Waals surface area contributed by atoms with Crippen molar-refractivity contribution in [1.82, 2.24) is 15.8 Å². The zero-order chi connectivity index (χ0) is 17.7. The SMILES string of the molecule is CCCC(=O)NCC(C)(C)C(CC)NC(=O)c1cc(C2CC2)on1. The molecule has 134 valence electrons. The Morgan fingerprint density at radius 2 is 2.08 bits per heavy atom. The fourth-order valence-electron chi connectivity index (χ4n) is 2.80. The first-order valence-electron chi connectivity index (χ1n) is 8.91. The Bertz CT molecular complexity index is 576. The van der Waals surface area contributed by atoms with Crippen LogP contribution in [0.2, 0.25) is 0 Å². The molecule has 1 aliphatic carbocycles. The third-order valence-electron chi connectivity index (χ3n) is 4.62. The van der Waals surface area contributed by atoms with Crippen molar-refractivity contribution in [3.63, 3.8) is 0 Å². The lowest BCUT2D eigenvalue weighted by Crippen LogP contribution is -2.50. The number of nitrogens with one attached hydrogen (secondary N) is 2. The van der Waals surface area contributed by atoms with Crippen molar-refractivity contribution < 1.29 is 14.1 Å². The van der Waals surface area contributed by atoms with E-state index in [0.717, 1.165) is 31.4 Å². The lowest BCUT2D eigenvalue weighted by atomic mass is 9.82. The van der Waals surface area contributed by atoms with E-state index in [-0.39, 0.29) is 23.3 Å². The zero-order valence-corrected chi connectivity index (χ0v) is 15.1. The average Bonchev–Trinajstić information content (AvgIpc) is 3.27. The van der Waals surface area contributed by atoms with Gasteiger partial charge in [-0.2, -0.15) is 0 Å². The first-order chi connectivity index (χ1) is 11.4. The number of aromatic nitrogens is 1. The number of nitrogens with zero attached hydrogens (tertiary/aromatic N) is 1. The fraction of sp³-hybridized carbons (Fsp3) is 0.722. The second-order valence-corrected chi connectivity index (χ2v) is 7.34. The van der Waals surface area contributed by atoms with E-state index >= 15 is 0 Å². The van der Waals surface area contributed by atoms with Gasteiger partial charge in [0.05, 0.1) is 0 Å². The van der Waals surface area contributed by atoms with Crippen LogP contribution in [0.5, 0.6) is 0 Å². The molecule has 24 heavy (non-hydrogen) atoms. The van der Waals surface area contributed by atoms with Crippen LogP contribution in [0.4, 0.5) is 0 Å². The minimum absolute atomic E-state index is 0.0531. The molecule has 0 aromatic carbocycles. The molecule has 0 aliphatic heterocycles. The van der Waals surface area contributed by atoms with Crippen LogP contribution in [0.25, 0.3) is 0 Å². The van der Waals surface area contributed by atoms with E-state index in [2.05, 4.69) is 15.8 Å². The average molecular weight is 335 g/mol. The summed E-state index contributed by atoms with van der Waals surface area (Å²) in [4.78, 5) is 24.1. The number of carbonyl (C=O) groups is 2. The molecule has 1 aromatic heterocycles. The van der Waals surface area contributed by atoms with Crippen LogP contribution in [0.15, 0.2) is 10.6 Å². The first kappa shape index (κ1) is 18.5. The number of hydrogen-bond donors (Lipinski definition) is 2. The Kier molecular flexibility index (Phi) is 6.02. The van der Waals surface area contributed by atoms with Crippen molar-refractivity contribution in [2.45, 2.75) is 71.8 Å². The van der Waals surface area contributed by atoms with Crippen LogP contribution in [0.3, 0.4) is 0 Å². The third-order valence-corrected chi connectivity index (χ3v) is 4.62. The van der Waals surface area contributed by atoms with E-state index in [0.29, 0.717) is 24.6 Å². The van der Waals surface area contributed by atoms with Crippen molar-refractivity contribution in [3.05, 3.63) is 17.5 Å². The molecular formula is C18H29N3O3. The van der Waals surface area contributed by atoms with Gasteiger partial charge in [0.15, 0.2) is 5.69 Å². The first-order valence-corrected chi connectivity index (χ1v) is 8.91. The van der Waals surface area contributed by atoms with Crippen LogP contribution in [0.1, 0.15) is 82.0 Å². The maximum Gasteiger partial charge on any atom is 0.273 e. The molecule has 2 N–H and O–H groups in total. The van der Waals surface area contributed by atoms with Gasteiger partial charge in [-0.25, -0.2) is 0 Å². The van der Waals surface area contributed by atoms with E-state index in [1.165, 1.54) is 0 Å². The van der Waals surface area contributed by atoms with Gasteiger partial charge in [-0.1, -0.05) is 32.9 Å². The second kappa shape index (κ2) is 7.81. The maximum absolute atomic E-state index is 12.4. The molecule has 0 bridgehead atoms. The fourth-order valence-corrected chi connectivity index (χ4v) is 2.80. The number of carbonyl (C=O) groups excluding carboxylic acids is 2. The molecule has 1 aromatic rings. The van der Waals surface area contributed by atoms with Gasteiger partial charge in [-0.05, 0) is 25.7 Å². The largest absolute Gasteiger partial charge is 0.360 e. The number of hydrogen-bond acceptors (Lipinski definition) is 4. The van der Waals surface area contributed by atoms with Gasteiger partial charge in [0, 0.05) is 36.4 Å². The molecule has 1 unspecified atom stereocenters. The van der Waals surface area contributed by atoms with Gasteiger partial charge < -0.3 is 15.2 Å². The molecule has 1 atom stereocenters. The second-order valence-electron chi connectivity index (χ2n) is 7.34. The minimum atomic E-state index is -0.253. The van der Waals surface area contributed by atoms with E-state index in [4.69, 9.17) is 4.52 Å². The van der Waals surface area contributed by atoms with Crippen molar-refractivity contribution in [3.8, 4) is 0 Å². The van der Waals surface area contributed by atoms with Gasteiger partial charge in [-0.3, -0.25) is 9.59 Å². The lowest BCUT2D eigenvalue weighted by Gasteiger charge is -2.34. The van der Waals surface area contributed by atoms with Gasteiger partial charge in [0.1, 0.15) is 5.76 Å². The molecule has 0 spiro atoms. The molecular weight excluding hydrogens is 306 g/mol. The lowest BCUT2D eigenvalue weighted by molar-refractivity contribution is -0.121. The van der Waals surface area contributed by atoms with E-state index < -0.39 is 0 Å².